The zero-order chi connectivity index (χ0) is 14.8. The molecule has 0 heterocycles. The van der Waals surface area contributed by atoms with Crippen molar-refractivity contribution in [3.63, 3.8) is 0 Å². The number of rotatable bonds is 9. The quantitative estimate of drug-likeness (QED) is 0.677. The molecule has 0 radical (unpaired) electrons. The van der Waals surface area contributed by atoms with Crippen LogP contribution in [-0.2, 0) is 9.53 Å². The number of nitrogens with one attached hydrogen (secondary N) is 2. The number of halogens is 1. The van der Waals surface area contributed by atoms with Crippen LogP contribution in [0.3, 0.4) is 0 Å². The van der Waals surface area contributed by atoms with Gasteiger partial charge in [0.1, 0.15) is 5.75 Å². The van der Waals surface area contributed by atoms with Gasteiger partial charge in [-0.15, -0.1) is 0 Å². The third-order valence-electron chi connectivity index (χ3n) is 2.68. The molecule has 1 aromatic rings. The monoisotopic (exact) mass is 300 g/mol. The summed E-state index contributed by atoms with van der Waals surface area (Å²) in [5.41, 5.74) is 0.836. The Bertz CT molecular complexity index is 427. The number of methoxy groups -OCH3 is 1. The number of ether oxygens (including phenoxy) is 2. The first-order valence-electron chi connectivity index (χ1n) is 6.49. The number of carbonyl (C=O) groups is 1. The molecule has 6 heteroatoms. The summed E-state index contributed by atoms with van der Waals surface area (Å²) in [6.07, 6.45) is 0. The van der Waals surface area contributed by atoms with Crippen LogP contribution in [0.15, 0.2) is 18.2 Å². The summed E-state index contributed by atoms with van der Waals surface area (Å²) >= 11 is 5.97. The highest BCUT2D eigenvalue weighted by Gasteiger charge is 2.06. The fraction of sp³-hybridized carbons (Fsp3) is 0.500. The largest absolute Gasteiger partial charge is 0.483 e. The van der Waals surface area contributed by atoms with E-state index in [9.17, 15) is 4.79 Å². The average Bonchev–Trinajstić information content (AvgIpc) is 2.44. The second kappa shape index (κ2) is 9.58. The van der Waals surface area contributed by atoms with Crippen LogP contribution < -0.4 is 15.4 Å². The van der Waals surface area contributed by atoms with Gasteiger partial charge < -0.3 is 20.1 Å². The van der Waals surface area contributed by atoms with Gasteiger partial charge in [-0.05, 0) is 19.1 Å². The van der Waals surface area contributed by atoms with Crippen molar-refractivity contribution in [3.05, 3.63) is 28.8 Å². The van der Waals surface area contributed by atoms with Gasteiger partial charge in [-0.1, -0.05) is 17.7 Å². The van der Waals surface area contributed by atoms with Crippen LogP contribution in [0.2, 0.25) is 5.02 Å². The molecule has 0 fully saturated rings. The van der Waals surface area contributed by atoms with E-state index >= 15 is 0 Å². The maximum absolute atomic E-state index is 11.6. The fourth-order valence-electron chi connectivity index (χ4n) is 1.53. The highest BCUT2D eigenvalue weighted by molar-refractivity contribution is 6.31. The van der Waals surface area contributed by atoms with E-state index in [1.54, 1.807) is 25.3 Å². The Kier molecular flexibility index (Phi) is 8.02. The van der Waals surface area contributed by atoms with E-state index in [1.807, 2.05) is 6.92 Å². The molecule has 0 aliphatic carbocycles. The van der Waals surface area contributed by atoms with Crippen molar-refractivity contribution in [1.82, 2.24) is 10.6 Å². The van der Waals surface area contributed by atoms with Gasteiger partial charge in [0.25, 0.3) is 5.91 Å². The van der Waals surface area contributed by atoms with Crippen LogP contribution in [0.1, 0.15) is 5.56 Å². The molecule has 1 rings (SSSR count). The maximum atomic E-state index is 11.6. The summed E-state index contributed by atoms with van der Waals surface area (Å²) in [4.78, 5) is 11.6. The van der Waals surface area contributed by atoms with Gasteiger partial charge in [0.05, 0.1) is 6.61 Å². The molecule has 0 aliphatic rings. The Morgan fingerprint density at radius 2 is 2.10 bits per heavy atom. The van der Waals surface area contributed by atoms with E-state index in [0.717, 1.165) is 12.1 Å². The van der Waals surface area contributed by atoms with Gasteiger partial charge in [-0.25, -0.2) is 0 Å². The minimum atomic E-state index is -0.155. The highest BCUT2D eigenvalue weighted by Crippen LogP contribution is 2.24. The lowest BCUT2D eigenvalue weighted by atomic mass is 10.2. The standard InChI is InChI=1S/C14H21ClN2O3/c1-11-12(15)4-3-5-13(11)20-10-14(18)17-7-6-16-8-9-19-2/h3-5,16H,6-10H2,1-2H3,(H,17,18). The van der Waals surface area contributed by atoms with Crippen molar-refractivity contribution in [2.24, 2.45) is 0 Å². The maximum Gasteiger partial charge on any atom is 0.257 e. The molecule has 5 nitrogen and oxygen atoms in total. The third kappa shape index (κ3) is 6.23. The summed E-state index contributed by atoms with van der Waals surface area (Å²) in [6, 6.07) is 5.37. The molecule has 0 saturated heterocycles. The zero-order valence-electron chi connectivity index (χ0n) is 11.9. The first-order chi connectivity index (χ1) is 9.65. The molecule has 1 amide bonds. The van der Waals surface area contributed by atoms with Gasteiger partial charge in [-0.2, -0.15) is 0 Å². The summed E-state index contributed by atoms with van der Waals surface area (Å²) in [7, 11) is 1.65. The molecule has 0 atom stereocenters. The topological polar surface area (TPSA) is 59.6 Å². The van der Waals surface area contributed by atoms with Gasteiger partial charge in [-0.3, -0.25) is 4.79 Å². The lowest BCUT2D eigenvalue weighted by Crippen LogP contribution is -2.35. The molecule has 2 N–H and O–H groups in total. The number of benzene rings is 1. The first-order valence-corrected chi connectivity index (χ1v) is 6.87. The molecule has 1 aromatic carbocycles. The van der Waals surface area contributed by atoms with Crippen molar-refractivity contribution in [3.8, 4) is 5.75 Å². The lowest BCUT2D eigenvalue weighted by Gasteiger charge is -2.10. The molecule has 20 heavy (non-hydrogen) atoms. The second-order valence-corrected chi connectivity index (χ2v) is 4.65. The molecule has 0 aliphatic heterocycles. The SMILES string of the molecule is COCCNCCNC(=O)COc1cccc(Cl)c1C. The fourth-order valence-corrected chi connectivity index (χ4v) is 1.69. The van der Waals surface area contributed by atoms with Crippen molar-refractivity contribution < 1.29 is 14.3 Å². The van der Waals surface area contributed by atoms with Crippen LogP contribution in [0.4, 0.5) is 0 Å². The highest BCUT2D eigenvalue weighted by atomic mass is 35.5. The number of hydrogen-bond donors (Lipinski definition) is 2. The van der Waals surface area contributed by atoms with Crippen LogP contribution in [0.25, 0.3) is 0 Å². The van der Waals surface area contributed by atoms with Gasteiger partial charge >= 0.3 is 0 Å². The predicted molar refractivity (Wildman–Crippen MR) is 79.4 cm³/mol. The van der Waals surface area contributed by atoms with Gasteiger partial charge in [0.15, 0.2) is 6.61 Å². The summed E-state index contributed by atoms with van der Waals surface area (Å²) in [5.74, 6) is 0.476. The van der Waals surface area contributed by atoms with Crippen LogP contribution in [0, 0.1) is 6.92 Å². The molecule has 112 valence electrons. The van der Waals surface area contributed by atoms with Crippen molar-refractivity contribution in [2.45, 2.75) is 6.92 Å². The van der Waals surface area contributed by atoms with Gasteiger partial charge in [0.2, 0.25) is 0 Å². The van der Waals surface area contributed by atoms with Crippen molar-refractivity contribution >= 4 is 17.5 Å². The van der Waals surface area contributed by atoms with E-state index < -0.39 is 0 Å². The lowest BCUT2D eigenvalue weighted by molar-refractivity contribution is -0.123. The van der Waals surface area contributed by atoms with Gasteiger partial charge in [0, 0.05) is 37.3 Å². The first kappa shape index (κ1) is 16.8. The number of amides is 1. The van der Waals surface area contributed by atoms with E-state index in [2.05, 4.69) is 10.6 Å². The van der Waals surface area contributed by atoms with Crippen LogP contribution in [-0.4, -0.2) is 45.9 Å². The van der Waals surface area contributed by atoms with Crippen molar-refractivity contribution in [1.29, 1.82) is 0 Å². The summed E-state index contributed by atoms with van der Waals surface area (Å²) < 4.78 is 10.3. The molecule has 0 aromatic heterocycles. The van der Waals surface area contributed by atoms with E-state index in [4.69, 9.17) is 21.1 Å². The van der Waals surface area contributed by atoms with Crippen LogP contribution >= 0.6 is 11.6 Å². The minimum absolute atomic E-state index is 0.0146. The molecule has 0 saturated carbocycles. The van der Waals surface area contributed by atoms with E-state index in [0.29, 0.717) is 30.5 Å². The molecular weight excluding hydrogens is 280 g/mol. The second-order valence-electron chi connectivity index (χ2n) is 4.24. The van der Waals surface area contributed by atoms with E-state index in [1.165, 1.54) is 0 Å². The Balaban J connectivity index is 2.18. The van der Waals surface area contributed by atoms with Crippen LogP contribution in [0.5, 0.6) is 5.75 Å². The number of carbonyl (C=O) groups excluding carboxylic acids is 1. The Morgan fingerprint density at radius 1 is 1.30 bits per heavy atom. The summed E-state index contributed by atoms with van der Waals surface area (Å²) in [6.45, 7) is 4.52. The normalized spacial score (nSPS) is 10.3. The minimum Gasteiger partial charge on any atom is -0.483 e. The molecular formula is C14H21ClN2O3. The Morgan fingerprint density at radius 3 is 2.85 bits per heavy atom. The summed E-state index contributed by atoms with van der Waals surface area (Å²) in [5, 5.41) is 6.53. The predicted octanol–water partition coefficient (Wildman–Crippen LogP) is 1.38. The molecule has 0 spiro atoms. The zero-order valence-corrected chi connectivity index (χ0v) is 12.6. The smallest absolute Gasteiger partial charge is 0.257 e. The van der Waals surface area contributed by atoms with E-state index in [-0.39, 0.29) is 12.5 Å². The third-order valence-corrected chi connectivity index (χ3v) is 3.09. The van der Waals surface area contributed by atoms with Crippen molar-refractivity contribution in [2.75, 3.05) is 40.0 Å². The Hall–Kier alpha value is -1.30. The Labute approximate surface area is 124 Å². The number of hydrogen-bond acceptors (Lipinski definition) is 4. The molecule has 0 unspecified atom stereocenters. The average molecular weight is 301 g/mol. The molecule has 0 bridgehead atoms.